The molecular formula is C8H15BO3. The highest BCUT2D eigenvalue weighted by atomic mass is 16.5. The van der Waals surface area contributed by atoms with Crippen LogP contribution in [0, 0.1) is 5.92 Å². The van der Waals surface area contributed by atoms with E-state index in [1.54, 1.807) is 14.2 Å². The number of hydrogen-bond donors (Lipinski definition) is 1. The number of methoxy groups -OCH3 is 2. The molecule has 0 heterocycles. The molecule has 0 aromatic rings. The highest BCUT2D eigenvalue weighted by Crippen LogP contribution is 2.35. The fourth-order valence-electron chi connectivity index (χ4n) is 1.85. The summed E-state index contributed by atoms with van der Waals surface area (Å²) in [5, 5.41) is 9.55. The Morgan fingerprint density at radius 1 is 1.50 bits per heavy atom. The molecule has 0 spiro atoms. The molecule has 4 atom stereocenters. The van der Waals surface area contributed by atoms with Crippen molar-refractivity contribution in [2.75, 3.05) is 20.8 Å². The third-order valence-electron chi connectivity index (χ3n) is 2.47. The van der Waals surface area contributed by atoms with E-state index in [1.165, 1.54) is 0 Å². The molecule has 0 aliphatic heterocycles. The van der Waals surface area contributed by atoms with Gasteiger partial charge in [-0.3, -0.25) is 0 Å². The Bertz CT molecular complexity index is 142. The molecule has 2 unspecified atom stereocenters. The van der Waals surface area contributed by atoms with Gasteiger partial charge in [0.15, 0.2) is 0 Å². The first-order chi connectivity index (χ1) is 5.70. The van der Waals surface area contributed by atoms with E-state index in [0.29, 0.717) is 6.61 Å². The number of aliphatic hydroxyl groups is 1. The molecule has 1 aliphatic carbocycles. The normalized spacial score (nSPS) is 41.9. The average Bonchev–Trinajstić information content (AvgIpc) is 2.29. The summed E-state index contributed by atoms with van der Waals surface area (Å²) in [5.74, 6) is 0.0556. The minimum Gasteiger partial charge on any atom is -0.391 e. The molecule has 1 N–H and O–H groups in total. The molecule has 1 aliphatic rings. The molecule has 1 saturated carbocycles. The fraction of sp³-hybridized carbons (Fsp3) is 1.00. The Balaban J connectivity index is 2.52. The van der Waals surface area contributed by atoms with Crippen LogP contribution in [0.4, 0.5) is 0 Å². The van der Waals surface area contributed by atoms with Gasteiger partial charge in [-0.15, -0.1) is 0 Å². The molecule has 68 valence electrons. The lowest BCUT2D eigenvalue weighted by Crippen LogP contribution is -2.30. The first kappa shape index (κ1) is 10.0. The Kier molecular flexibility index (Phi) is 3.56. The van der Waals surface area contributed by atoms with Gasteiger partial charge in [-0.25, -0.2) is 0 Å². The summed E-state index contributed by atoms with van der Waals surface area (Å²) in [6.07, 6.45) is 0.0585. The molecule has 1 rings (SSSR count). The summed E-state index contributed by atoms with van der Waals surface area (Å²) < 4.78 is 10.2. The van der Waals surface area contributed by atoms with E-state index in [-0.39, 0.29) is 17.8 Å². The van der Waals surface area contributed by atoms with E-state index < -0.39 is 6.10 Å². The molecule has 4 heteroatoms. The van der Waals surface area contributed by atoms with Crippen LogP contribution in [0.25, 0.3) is 0 Å². The zero-order valence-corrected chi connectivity index (χ0v) is 7.56. The monoisotopic (exact) mass is 170 g/mol. The van der Waals surface area contributed by atoms with Gasteiger partial charge in [0.05, 0.1) is 26.7 Å². The van der Waals surface area contributed by atoms with E-state index in [0.717, 1.165) is 6.42 Å². The van der Waals surface area contributed by atoms with Crippen LogP contribution >= 0.6 is 0 Å². The number of ether oxygens (including phenoxy) is 2. The second-order valence-corrected chi connectivity index (χ2v) is 3.31. The Morgan fingerprint density at radius 2 is 2.17 bits per heavy atom. The maximum atomic E-state index is 9.55. The molecule has 0 saturated heterocycles. The van der Waals surface area contributed by atoms with E-state index in [2.05, 4.69) is 0 Å². The van der Waals surface area contributed by atoms with Gasteiger partial charge in [-0.1, -0.05) is 0 Å². The molecule has 2 radical (unpaired) electrons. The second-order valence-electron chi connectivity index (χ2n) is 3.31. The lowest BCUT2D eigenvalue weighted by atomic mass is 9.84. The molecular weight excluding hydrogens is 155 g/mol. The standard InChI is InChI=1S/C8H15BO3/c1-11-4-5-3-6(9)7(10)8(5)12-2/h5-8,10H,3-4H2,1-2H3/t5-,6+,7?,8?/m1/s1. The van der Waals surface area contributed by atoms with Gasteiger partial charge in [0.1, 0.15) is 0 Å². The summed E-state index contributed by atoms with van der Waals surface area (Å²) in [7, 11) is 8.91. The van der Waals surface area contributed by atoms with Crippen molar-refractivity contribution in [2.24, 2.45) is 5.92 Å². The lowest BCUT2D eigenvalue weighted by Gasteiger charge is -2.20. The van der Waals surface area contributed by atoms with Crippen molar-refractivity contribution in [1.82, 2.24) is 0 Å². The van der Waals surface area contributed by atoms with Gasteiger partial charge in [0.25, 0.3) is 0 Å². The van der Waals surface area contributed by atoms with Crippen molar-refractivity contribution in [2.45, 2.75) is 24.4 Å². The lowest BCUT2D eigenvalue weighted by molar-refractivity contribution is -0.0288. The van der Waals surface area contributed by atoms with Crippen molar-refractivity contribution in [1.29, 1.82) is 0 Å². The van der Waals surface area contributed by atoms with Gasteiger partial charge >= 0.3 is 0 Å². The zero-order chi connectivity index (χ0) is 9.14. The predicted octanol–water partition coefficient (Wildman–Crippen LogP) is -0.0144. The number of aliphatic hydroxyl groups excluding tert-OH is 1. The molecule has 0 amide bonds. The first-order valence-electron chi connectivity index (χ1n) is 4.16. The zero-order valence-electron chi connectivity index (χ0n) is 7.56. The van der Waals surface area contributed by atoms with Crippen LogP contribution in [0.2, 0.25) is 5.82 Å². The Hall–Kier alpha value is -0.0551. The van der Waals surface area contributed by atoms with Crippen molar-refractivity contribution in [3.63, 3.8) is 0 Å². The number of hydrogen-bond acceptors (Lipinski definition) is 3. The van der Waals surface area contributed by atoms with Crippen LogP contribution < -0.4 is 0 Å². The van der Waals surface area contributed by atoms with E-state index in [4.69, 9.17) is 17.3 Å². The largest absolute Gasteiger partial charge is 0.391 e. The number of rotatable bonds is 3. The van der Waals surface area contributed by atoms with Crippen molar-refractivity contribution < 1.29 is 14.6 Å². The first-order valence-corrected chi connectivity index (χ1v) is 4.16. The van der Waals surface area contributed by atoms with E-state index in [9.17, 15) is 5.11 Å². The molecule has 0 bridgehead atoms. The summed E-state index contributed by atoms with van der Waals surface area (Å²) >= 11 is 0. The van der Waals surface area contributed by atoms with E-state index >= 15 is 0 Å². The molecule has 0 aromatic carbocycles. The molecule has 1 fully saturated rings. The third-order valence-corrected chi connectivity index (χ3v) is 2.47. The van der Waals surface area contributed by atoms with Crippen LogP contribution in [-0.4, -0.2) is 46.0 Å². The minimum absolute atomic E-state index is 0.167. The van der Waals surface area contributed by atoms with Gasteiger partial charge in [0, 0.05) is 20.1 Å². The SMILES string of the molecule is [B][C@H]1C[C@H](COC)C(OC)C1O. The summed E-state index contributed by atoms with van der Waals surface area (Å²) in [5.41, 5.74) is 0. The maximum Gasteiger partial charge on any atom is 0.0875 e. The second kappa shape index (κ2) is 4.26. The van der Waals surface area contributed by atoms with Crippen molar-refractivity contribution in [3.8, 4) is 0 Å². The van der Waals surface area contributed by atoms with Gasteiger partial charge in [-0.2, -0.15) is 0 Å². The highest BCUT2D eigenvalue weighted by Gasteiger charge is 2.39. The van der Waals surface area contributed by atoms with Crippen LogP contribution in [0.3, 0.4) is 0 Å². The minimum atomic E-state index is -0.546. The Morgan fingerprint density at radius 3 is 2.67 bits per heavy atom. The van der Waals surface area contributed by atoms with Crippen molar-refractivity contribution >= 4 is 7.85 Å². The molecule has 3 nitrogen and oxygen atoms in total. The van der Waals surface area contributed by atoms with E-state index in [1.807, 2.05) is 0 Å². The van der Waals surface area contributed by atoms with Gasteiger partial charge in [0.2, 0.25) is 0 Å². The smallest absolute Gasteiger partial charge is 0.0875 e. The average molecular weight is 170 g/mol. The predicted molar refractivity (Wildman–Crippen MR) is 46.3 cm³/mol. The molecule has 12 heavy (non-hydrogen) atoms. The quantitative estimate of drug-likeness (QED) is 0.605. The topological polar surface area (TPSA) is 38.7 Å². The Labute approximate surface area is 74.5 Å². The van der Waals surface area contributed by atoms with Crippen LogP contribution in [-0.2, 0) is 9.47 Å². The van der Waals surface area contributed by atoms with Gasteiger partial charge in [-0.05, 0) is 12.2 Å². The fourth-order valence-corrected chi connectivity index (χ4v) is 1.85. The van der Waals surface area contributed by atoms with Crippen LogP contribution in [0.1, 0.15) is 6.42 Å². The third kappa shape index (κ3) is 1.81. The summed E-state index contributed by atoms with van der Waals surface area (Å²) in [4.78, 5) is 0. The maximum absolute atomic E-state index is 9.55. The van der Waals surface area contributed by atoms with Crippen molar-refractivity contribution in [3.05, 3.63) is 0 Å². The highest BCUT2D eigenvalue weighted by molar-refractivity contribution is 6.12. The molecule has 0 aromatic heterocycles. The summed E-state index contributed by atoms with van der Waals surface area (Å²) in [6.45, 7) is 0.600. The van der Waals surface area contributed by atoms with Crippen LogP contribution in [0.15, 0.2) is 0 Å². The van der Waals surface area contributed by atoms with Gasteiger partial charge < -0.3 is 14.6 Å². The summed E-state index contributed by atoms with van der Waals surface area (Å²) in [6, 6.07) is 0. The van der Waals surface area contributed by atoms with Crippen LogP contribution in [0.5, 0.6) is 0 Å².